The van der Waals surface area contributed by atoms with Gasteiger partial charge in [-0.1, -0.05) is 6.07 Å². The number of nitrogens with zero attached hydrogens (tertiary/aromatic N) is 3. The average molecular weight is 262 g/mol. The van der Waals surface area contributed by atoms with Gasteiger partial charge in [0.25, 0.3) is 0 Å². The Morgan fingerprint density at radius 2 is 1.85 bits per heavy atom. The van der Waals surface area contributed by atoms with Crippen LogP contribution < -0.4 is 5.69 Å². The number of fused-ring (bicyclic) bond motifs is 2. The molecule has 0 aliphatic heterocycles. The maximum absolute atomic E-state index is 12.1. The topological polar surface area (TPSA) is 63.6 Å². The van der Waals surface area contributed by atoms with Crippen LogP contribution in [-0.4, -0.2) is 19.5 Å². The number of pyridine rings is 2. The molecule has 0 saturated carbocycles. The molecule has 3 aromatic heterocycles. The van der Waals surface area contributed by atoms with Gasteiger partial charge in [0.2, 0.25) is 0 Å². The summed E-state index contributed by atoms with van der Waals surface area (Å²) in [5.41, 5.74) is 2.84. The molecule has 0 aliphatic carbocycles. The fourth-order valence-electron chi connectivity index (χ4n) is 2.38. The quantitative estimate of drug-likeness (QED) is 0.572. The molecule has 0 unspecified atom stereocenters. The second-order valence-electron chi connectivity index (χ2n) is 4.52. The van der Waals surface area contributed by atoms with Crippen molar-refractivity contribution in [3.05, 3.63) is 65.3 Å². The molecule has 0 aliphatic rings. The largest absolute Gasteiger partial charge is 0.332 e. The molecule has 1 aromatic carbocycles. The number of hydrogen-bond donors (Lipinski definition) is 1. The van der Waals surface area contributed by atoms with Crippen LogP contribution in [0.3, 0.4) is 0 Å². The molecule has 3 heterocycles. The Hall–Kier alpha value is -2.95. The zero-order valence-electron chi connectivity index (χ0n) is 10.4. The van der Waals surface area contributed by atoms with E-state index in [1.54, 1.807) is 23.0 Å². The number of H-pyrrole nitrogens is 1. The zero-order chi connectivity index (χ0) is 13.5. The Balaban J connectivity index is 2.06. The summed E-state index contributed by atoms with van der Waals surface area (Å²) in [7, 11) is 0. The first-order valence-electron chi connectivity index (χ1n) is 6.24. The number of nitrogens with one attached hydrogen (secondary N) is 1. The summed E-state index contributed by atoms with van der Waals surface area (Å²) in [6.45, 7) is 0. The lowest BCUT2D eigenvalue weighted by Crippen LogP contribution is -2.14. The third-order valence-electron chi connectivity index (χ3n) is 3.29. The van der Waals surface area contributed by atoms with Crippen LogP contribution in [0.25, 0.3) is 27.8 Å². The first-order valence-corrected chi connectivity index (χ1v) is 6.24. The zero-order valence-corrected chi connectivity index (χ0v) is 10.4. The minimum absolute atomic E-state index is 0.193. The molecule has 5 heteroatoms. The Labute approximate surface area is 113 Å². The van der Waals surface area contributed by atoms with Crippen molar-refractivity contribution in [2.45, 2.75) is 0 Å². The van der Waals surface area contributed by atoms with E-state index in [0.29, 0.717) is 5.65 Å². The third kappa shape index (κ3) is 1.53. The second-order valence-corrected chi connectivity index (χ2v) is 4.52. The predicted octanol–water partition coefficient (Wildman–Crippen LogP) is 2.26. The Kier molecular flexibility index (Phi) is 2.20. The van der Waals surface area contributed by atoms with Crippen LogP contribution in [0.15, 0.2) is 59.7 Å². The van der Waals surface area contributed by atoms with E-state index in [1.807, 2.05) is 36.4 Å². The first-order chi connectivity index (χ1) is 9.83. The van der Waals surface area contributed by atoms with Crippen LogP contribution in [0.2, 0.25) is 0 Å². The molecule has 0 amide bonds. The maximum atomic E-state index is 12.1. The molecular formula is C15H10N4O. The first kappa shape index (κ1) is 10.9. The van der Waals surface area contributed by atoms with Crippen molar-refractivity contribution in [1.82, 2.24) is 19.5 Å². The lowest BCUT2D eigenvalue weighted by Gasteiger charge is -2.04. The van der Waals surface area contributed by atoms with Gasteiger partial charge >= 0.3 is 5.69 Å². The lowest BCUT2D eigenvalue weighted by molar-refractivity contribution is 1.00. The van der Waals surface area contributed by atoms with Crippen LogP contribution in [-0.2, 0) is 0 Å². The van der Waals surface area contributed by atoms with Crippen molar-refractivity contribution < 1.29 is 0 Å². The summed E-state index contributed by atoms with van der Waals surface area (Å²) in [4.78, 5) is 23.5. The molecule has 20 heavy (non-hydrogen) atoms. The summed E-state index contributed by atoms with van der Waals surface area (Å²) in [6, 6.07) is 13.2. The summed E-state index contributed by atoms with van der Waals surface area (Å²) in [5.74, 6) is 0. The SMILES string of the molecule is O=c1[nH]c2cccnc2n1-c1ccc2ncccc2c1. The van der Waals surface area contributed by atoms with Crippen LogP contribution in [0.4, 0.5) is 0 Å². The maximum Gasteiger partial charge on any atom is 0.332 e. The van der Waals surface area contributed by atoms with Crippen LogP contribution in [0.5, 0.6) is 0 Å². The number of benzene rings is 1. The highest BCUT2D eigenvalue weighted by atomic mass is 16.1. The highest BCUT2D eigenvalue weighted by molar-refractivity contribution is 5.82. The van der Waals surface area contributed by atoms with Crippen molar-refractivity contribution >= 4 is 22.1 Å². The van der Waals surface area contributed by atoms with E-state index in [0.717, 1.165) is 22.1 Å². The molecule has 0 saturated heterocycles. The monoisotopic (exact) mass is 262 g/mol. The number of hydrogen-bond acceptors (Lipinski definition) is 3. The Morgan fingerprint density at radius 3 is 2.80 bits per heavy atom. The van der Waals surface area contributed by atoms with Gasteiger partial charge in [-0.25, -0.2) is 14.3 Å². The summed E-state index contributed by atoms with van der Waals surface area (Å²) >= 11 is 0. The normalized spacial score (nSPS) is 11.2. The second kappa shape index (κ2) is 4.03. The van der Waals surface area contributed by atoms with Crippen molar-refractivity contribution in [2.24, 2.45) is 0 Å². The number of imidazole rings is 1. The standard InChI is InChI=1S/C15H10N4O/c20-15-18-13-4-2-8-17-14(13)19(15)11-5-6-12-10(9-11)3-1-7-16-12/h1-9H,(H,18,20). The molecule has 0 bridgehead atoms. The van der Waals surface area contributed by atoms with Crippen molar-refractivity contribution in [1.29, 1.82) is 0 Å². The van der Waals surface area contributed by atoms with Crippen LogP contribution in [0.1, 0.15) is 0 Å². The van der Waals surface area contributed by atoms with E-state index < -0.39 is 0 Å². The Morgan fingerprint density at radius 1 is 1.00 bits per heavy atom. The van der Waals surface area contributed by atoms with E-state index in [1.165, 1.54) is 0 Å². The average Bonchev–Trinajstić information content (AvgIpc) is 2.82. The van der Waals surface area contributed by atoms with Crippen LogP contribution in [0, 0.1) is 0 Å². The fourth-order valence-corrected chi connectivity index (χ4v) is 2.38. The molecule has 4 rings (SSSR count). The lowest BCUT2D eigenvalue weighted by atomic mass is 10.2. The van der Waals surface area contributed by atoms with Gasteiger partial charge in [-0.3, -0.25) is 4.98 Å². The molecule has 1 N–H and O–H groups in total. The number of aromatic nitrogens is 4. The molecule has 0 spiro atoms. The molecule has 96 valence electrons. The van der Waals surface area contributed by atoms with Gasteiger partial charge in [-0.05, 0) is 36.4 Å². The molecule has 4 aromatic rings. The molecule has 0 fully saturated rings. The summed E-state index contributed by atoms with van der Waals surface area (Å²) < 4.78 is 1.57. The van der Waals surface area contributed by atoms with Gasteiger partial charge in [0, 0.05) is 17.8 Å². The number of aromatic amines is 1. The van der Waals surface area contributed by atoms with Crippen molar-refractivity contribution in [2.75, 3.05) is 0 Å². The number of rotatable bonds is 1. The predicted molar refractivity (Wildman–Crippen MR) is 77.0 cm³/mol. The van der Waals surface area contributed by atoms with Gasteiger partial charge in [0.15, 0.2) is 5.65 Å². The van der Waals surface area contributed by atoms with E-state index >= 15 is 0 Å². The van der Waals surface area contributed by atoms with Gasteiger partial charge in [0.1, 0.15) is 0 Å². The molecular weight excluding hydrogens is 252 g/mol. The highest BCUT2D eigenvalue weighted by Crippen LogP contribution is 2.18. The van der Waals surface area contributed by atoms with Crippen molar-refractivity contribution in [3.8, 4) is 5.69 Å². The summed E-state index contributed by atoms with van der Waals surface area (Å²) in [5, 5.41) is 0.988. The molecule has 0 atom stereocenters. The molecule has 0 radical (unpaired) electrons. The van der Waals surface area contributed by atoms with Crippen LogP contribution >= 0.6 is 0 Å². The van der Waals surface area contributed by atoms with E-state index in [-0.39, 0.29) is 5.69 Å². The minimum Gasteiger partial charge on any atom is -0.304 e. The highest BCUT2D eigenvalue weighted by Gasteiger charge is 2.09. The smallest absolute Gasteiger partial charge is 0.304 e. The minimum atomic E-state index is -0.193. The molecule has 5 nitrogen and oxygen atoms in total. The van der Waals surface area contributed by atoms with E-state index in [9.17, 15) is 4.79 Å². The van der Waals surface area contributed by atoms with Gasteiger partial charge in [-0.2, -0.15) is 0 Å². The van der Waals surface area contributed by atoms with Gasteiger partial charge in [0.05, 0.1) is 16.7 Å². The van der Waals surface area contributed by atoms with E-state index in [2.05, 4.69) is 15.0 Å². The Bertz CT molecular complexity index is 984. The van der Waals surface area contributed by atoms with Gasteiger partial charge < -0.3 is 4.98 Å². The third-order valence-corrected chi connectivity index (χ3v) is 3.29. The van der Waals surface area contributed by atoms with E-state index in [4.69, 9.17) is 0 Å². The summed E-state index contributed by atoms with van der Waals surface area (Å²) in [6.07, 6.45) is 3.43. The van der Waals surface area contributed by atoms with Crippen molar-refractivity contribution in [3.63, 3.8) is 0 Å². The van der Waals surface area contributed by atoms with Gasteiger partial charge in [-0.15, -0.1) is 0 Å². The fraction of sp³-hybridized carbons (Fsp3) is 0.